The van der Waals surface area contributed by atoms with Crippen molar-refractivity contribution in [3.05, 3.63) is 0 Å². The molecule has 0 atom stereocenters. The zero-order chi connectivity index (χ0) is 13.8. The van der Waals surface area contributed by atoms with E-state index >= 15 is 0 Å². The van der Waals surface area contributed by atoms with E-state index in [9.17, 15) is 13.2 Å². The molecule has 0 unspecified atom stereocenters. The van der Waals surface area contributed by atoms with E-state index in [2.05, 4.69) is 5.32 Å². The molecule has 8 heteroatoms. The van der Waals surface area contributed by atoms with Gasteiger partial charge in [-0.3, -0.25) is 4.79 Å². The third kappa shape index (κ3) is 4.75. The Morgan fingerprint density at radius 2 is 1.94 bits per heavy atom. The highest BCUT2D eigenvalue weighted by atomic mass is 32.2. The largest absolute Gasteiger partial charge is 0.353 e. The molecule has 0 spiro atoms. The second-order valence-electron chi connectivity index (χ2n) is 4.81. The van der Waals surface area contributed by atoms with E-state index in [0.717, 1.165) is 11.5 Å². The number of sulfonamides is 1. The van der Waals surface area contributed by atoms with Crippen molar-refractivity contribution in [3.63, 3.8) is 0 Å². The number of hydrogen-bond donors (Lipinski definition) is 2. The lowest BCUT2D eigenvalue weighted by molar-refractivity contribution is -0.125. The second kappa shape index (κ2) is 6.23. The molecule has 1 saturated heterocycles. The van der Waals surface area contributed by atoms with Crippen LogP contribution in [0.5, 0.6) is 0 Å². The Kier molecular flexibility index (Phi) is 5.45. The van der Waals surface area contributed by atoms with Gasteiger partial charge in [0.25, 0.3) is 0 Å². The lowest BCUT2D eigenvalue weighted by atomic mass is 10.1. The molecule has 1 aliphatic heterocycles. The van der Waals surface area contributed by atoms with Gasteiger partial charge in [-0.2, -0.15) is 11.8 Å². The summed E-state index contributed by atoms with van der Waals surface area (Å²) in [6.07, 6.45) is 0. The summed E-state index contributed by atoms with van der Waals surface area (Å²) in [7, 11) is -3.26. The van der Waals surface area contributed by atoms with Gasteiger partial charge >= 0.3 is 0 Å². The van der Waals surface area contributed by atoms with Crippen LogP contribution in [0.2, 0.25) is 0 Å². The molecule has 0 aromatic heterocycles. The first-order valence-corrected chi connectivity index (χ1v) is 8.62. The Labute approximate surface area is 113 Å². The molecule has 3 N–H and O–H groups in total. The minimum absolute atomic E-state index is 0.0700. The van der Waals surface area contributed by atoms with Gasteiger partial charge in [-0.25, -0.2) is 12.7 Å². The van der Waals surface area contributed by atoms with E-state index in [0.29, 0.717) is 13.1 Å². The maximum absolute atomic E-state index is 12.0. The third-order valence-electron chi connectivity index (χ3n) is 2.59. The van der Waals surface area contributed by atoms with Crippen molar-refractivity contribution in [1.82, 2.24) is 9.62 Å². The Hall–Kier alpha value is -0.310. The number of nitrogens with zero attached hydrogens (tertiary/aromatic N) is 1. The highest BCUT2D eigenvalue weighted by Gasteiger charge is 2.25. The van der Waals surface area contributed by atoms with Crippen LogP contribution in [0.3, 0.4) is 0 Å². The summed E-state index contributed by atoms with van der Waals surface area (Å²) >= 11 is 1.75. The van der Waals surface area contributed by atoms with Crippen LogP contribution in [-0.2, 0) is 14.8 Å². The van der Waals surface area contributed by atoms with E-state index in [1.807, 2.05) is 0 Å². The number of nitrogens with one attached hydrogen (secondary N) is 1. The highest BCUT2D eigenvalue weighted by molar-refractivity contribution is 7.99. The summed E-state index contributed by atoms with van der Waals surface area (Å²) in [5.74, 6) is 1.26. The van der Waals surface area contributed by atoms with Gasteiger partial charge in [0.1, 0.15) is 0 Å². The number of carbonyl (C=O) groups is 1. The fourth-order valence-corrected chi connectivity index (χ4v) is 3.97. The van der Waals surface area contributed by atoms with Crippen molar-refractivity contribution < 1.29 is 13.2 Å². The monoisotopic (exact) mass is 295 g/mol. The van der Waals surface area contributed by atoms with Crippen molar-refractivity contribution in [3.8, 4) is 0 Å². The summed E-state index contributed by atoms with van der Waals surface area (Å²) in [5, 5.41) is 2.54. The average Bonchev–Trinajstić information content (AvgIpc) is 2.28. The van der Waals surface area contributed by atoms with Crippen LogP contribution < -0.4 is 11.1 Å². The van der Waals surface area contributed by atoms with Crippen LogP contribution in [-0.4, -0.2) is 61.1 Å². The van der Waals surface area contributed by atoms with Gasteiger partial charge in [0, 0.05) is 31.1 Å². The number of nitrogens with two attached hydrogens (primary N) is 1. The van der Waals surface area contributed by atoms with Gasteiger partial charge in [-0.15, -0.1) is 0 Å². The minimum Gasteiger partial charge on any atom is -0.353 e. The van der Waals surface area contributed by atoms with Crippen LogP contribution in [0, 0.1) is 0 Å². The quantitative estimate of drug-likeness (QED) is 0.694. The summed E-state index contributed by atoms with van der Waals surface area (Å²) in [5.41, 5.74) is 4.62. The Morgan fingerprint density at radius 3 is 2.44 bits per heavy atom. The third-order valence-corrected chi connectivity index (χ3v) is 5.41. The van der Waals surface area contributed by atoms with Crippen molar-refractivity contribution >= 4 is 27.7 Å². The molecular weight excluding hydrogens is 274 g/mol. The fraction of sp³-hybridized carbons (Fsp3) is 0.900. The number of amides is 1. The number of thioether (sulfide) groups is 1. The molecule has 1 aliphatic rings. The summed E-state index contributed by atoms with van der Waals surface area (Å²) in [6.45, 7) is 4.38. The van der Waals surface area contributed by atoms with Gasteiger partial charge in [0.15, 0.2) is 0 Å². The first-order valence-electron chi connectivity index (χ1n) is 5.86. The molecule has 1 rings (SSSR count). The molecule has 6 nitrogen and oxygen atoms in total. The molecule has 0 aromatic rings. The van der Waals surface area contributed by atoms with Crippen molar-refractivity contribution in [2.24, 2.45) is 5.73 Å². The molecule has 106 valence electrons. The standard InChI is InChI=1S/C10H21N3O3S2/c1-10(2,11)9(14)12-3-8-18(15,16)13-4-6-17-7-5-13/h3-8,11H2,1-2H3,(H,12,14). The first kappa shape index (κ1) is 15.7. The number of rotatable bonds is 5. The Bertz CT molecular complexity index is 384. The second-order valence-corrected chi connectivity index (χ2v) is 8.12. The molecule has 0 saturated carbocycles. The smallest absolute Gasteiger partial charge is 0.239 e. The maximum atomic E-state index is 12.0. The van der Waals surface area contributed by atoms with Crippen LogP contribution in [0.25, 0.3) is 0 Å². The van der Waals surface area contributed by atoms with Crippen molar-refractivity contribution in [2.75, 3.05) is 36.9 Å². The number of hydrogen-bond acceptors (Lipinski definition) is 5. The summed E-state index contributed by atoms with van der Waals surface area (Å²) < 4.78 is 25.4. The molecule has 0 radical (unpaired) electrons. The Balaban J connectivity index is 2.40. The van der Waals surface area contributed by atoms with Crippen LogP contribution >= 0.6 is 11.8 Å². The van der Waals surface area contributed by atoms with Crippen molar-refractivity contribution in [2.45, 2.75) is 19.4 Å². The van der Waals surface area contributed by atoms with E-state index in [1.165, 1.54) is 4.31 Å². The maximum Gasteiger partial charge on any atom is 0.239 e. The lowest BCUT2D eigenvalue weighted by Crippen LogP contribution is -2.50. The van der Waals surface area contributed by atoms with Gasteiger partial charge in [-0.05, 0) is 13.8 Å². The molecular formula is C10H21N3O3S2. The fourth-order valence-electron chi connectivity index (χ4n) is 1.48. The van der Waals surface area contributed by atoms with Crippen LogP contribution in [0.4, 0.5) is 0 Å². The predicted octanol–water partition coefficient (Wildman–Crippen LogP) is -0.781. The first-order chi connectivity index (χ1) is 8.23. The van der Waals surface area contributed by atoms with Gasteiger partial charge in [-0.1, -0.05) is 0 Å². The predicted molar refractivity (Wildman–Crippen MR) is 74.0 cm³/mol. The molecule has 18 heavy (non-hydrogen) atoms. The summed E-state index contributed by atoms with van der Waals surface area (Å²) in [6, 6.07) is 0. The normalized spacial score (nSPS) is 18.6. The molecule has 1 amide bonds. The topological polar surface area (TPSA) is 92.5 Å². The van der Waals surface area contributed by atoms with E-state index in [4.69, 9.17) is 5.73 Å². The van der Waals surface area contributed by atoms with Crippen LogP contribution in [0.1, 0.15) is 13.8 Å². The van der Waals surface area contributed by atoms with Gasteiger partial charge in [0.2, 0.25) is 15.9 Å². The molecule has 0 aromatic carbocycles. The molecule has 1 heterocycles. The molecule has 0 bridgehead atoms. The lowest BCUT2D eigenvalue weighted by Gasteiger charge is -2.26. The van der Waals surface area contributed by atoms with Crippen LogP contribution in [0.15, 0.2) is 0 Å². The van der Waals surface area contributed by atoms with Gasteiger partial charge in [0.05, 0.1) is 11.3 Å². The van der Waals surface area contributed by atoms with E-state index < -0.39 is 15.6 Å². The van der Waals surface area contributed by atoms with Crippen molar-refractivity contribution in [1.29, 1.82) is 0 Å². The summed E-state index contributed by atoms with van der Waals surface area (Å²) in [4.78, 5) is 11.5. The van der Waals surface area contributed by atoms with E-state index in [1.54, 1.807) is 25.6 Å². The minimum atomic E-state index is -3.26. The SMILES string of the molecule is CC(C)(N)C(=O)NCCS(=O)(=O)N1CCSCC1. The Morgan fingerprint density at radius 1 is 1.39 bits per heavy atom. The molecule has 1 fully saturated rings. The highest BCUT2D eigenvalue weighted by Crippen LogP contribution is 2.13. The zero-order valence-electron chi connectivity index (χ0n) is 10.8. The van der Waals surface area contributed by atoms with E-state index in [-0.39, 0.29) is 18.2 Å². The number of carbonyl (C=O) groups excluding carboxylic acids is 1. The van der Waals surface area contributed by atoms with Gasteiger partial charge < -0.3 is 11.1 Å². The molecule has 0 aliphatic carbocycles. The zero-order valence-corrected chi connectivity index (χ0v) is 12.4. The average molecular weight is 295 g/mol.